The number of carbonyl (C=O) groups is 1. The number of aliphatic hydroxyl groups excluding tert-OH is 1. The Hall–Kier alpha value is -2.72. The van der Waals surface area contributed by atoms with Crippen molar-refractivity contribution in [3.05, 3.63) is 53.6 Å². The number of nitrogens with zero attached hydrogens (tertiary/aromatic N) is 1. The summed E-state index contributed by atoms with van der Waals surface area (Å²) in [5, 5.41) is 15.1. The van der Waals surface area contributed by atoms with Crippen LogP contribution in [0, 0.1) is 0 Å². The molecule has 0 saturated carbocycles. The molecule has 3 rings (SSSR count). The van der Waals surface area contributed by atoms with Gasteiger partial charge in [0.1, 0.15) is 0 Å². The number of amides is 1. The van der Waals surface area contributed by atoms with Gasteiger partial charge in [0, 0.05) is 17.5 Å². The van der Waals surface area contributed by atoms with Crippen molar-refractivity contribution in [2.75, 3.05) is 12.4 Å². The maximum Gasteiger partial charge on any atom is 0.446 e. The largest absolute Gasteiger partial charge is 0.446 e. The van der Waals surface area contributed by atoms with Gasteiger partial charge in [-0.25, -0.2) is 4.98 Å². The van der Waals surface area contributed by atoms with Crippen molar-refractivity contribution in [2.24, 2.45) is 0 Å². The first-order chi connectivity index (χ1) is 13.8. The number of hydrogen-bond acceptors (Lipinski definition) is 5. The van der Waals surface area contributed by atoms with Crippen molar-refractivity contribution < 1.29 is 23.1 Å². The lowest BCUT2D eigenvalue weighted by Gasteiger charge is -2.19. The number of carbonyl (C=O) groups excluding carboxylic acids is 1. The maximum atomic E-state index is 12.7. The number of aromatic amines is 1. The molecule has 0 bridgehead atoms. The van der Waals surface area contributed by atoms with Crippen LogP contribution in [-0.2, 0) is 11.4 Å². The lowest BCUT2D eigenvalue weighted by Crippen LogP contribution is -2.24. The molecule has 0 spiro atoms. The minimum Gasteiger partial charge on any atom is -0.392 e. The molecule has 4 N–H and O–H groups in total. The van der Waals surface area contributed by atoms with E-state index in [1.54, 1.807) is 24.3 Å². The second-order valence-corrected chi connectivity index (χ2v) is 7.39. The summed E-state index contributed by atoms with van der Waals surface area (Å²) < 4.78 is 38.2. The predicted octanol–water partition coefficient (Wildman–Crippen LogP) is 3.96. The second-order valence-electron chi connectivity index (χ2n) is 6.25. The van der Waals surface area contributed by atoms with E-state index in [2.05, 4.69) is 20.6 Å². The highest BCUT2D eigenvalue weighted by Crippen LogP contribution is 2.38. The SMILES string of the molecule is CNC(=O)CC(Nc1nc2c(CO)cccc2[nH]1)c1cccc(SC(F)(F)F)c1. The molecule has 1 amide bonds. The lowest BCUT2D eigenvalue weighted by atomic mass is 10.0. The number of benzene rings is 2. The van der Waals surface area contributed by atoms with Gasteiger partial charge < -0.3 is 20.7 Å². The highest BCUT2D eigenvalue weighted by molar-refractivity contribution is 8.00. The first-order valence-corrected chi connectivity index (χ1v) is 9.52. The molecular weight excluding hydrogens is 405 g/mol. The molecule has 1 heterocycles. The molecule has 1 atom stereocenters. The van der Waals surface area contributed by atoms with Crippen LogP contribution in [0.5, 0.6) is 0 Å². The Morgan fingerprint density at radius 2 is 2.03 bits per heavy atom. The highest BCUT2D eigenvalue weighted by atomic mass is 32.2. The Morgan fingerprint density at radius 3 is 2.72 bits per heavy atom. The van der Waals surface area contributed by atoms with Crippen LogP contribution in [0.2, 0.25) is 0 Å². The molecule has 6 nitrogen and oxygen atoms in total. The molecule has 154 valence electrons. The van der Waals surface area contributed by atoms with Gasteiger partial charge in [-0.05, 0) is 35.5 Å². The van der Waals surface area contributed by atoms with E-state index in [-0.39, 0.29) is 35.6 Å². The number of rotatable bonds is 7. The Balaban J connectivity index is 1.92. The summed E-state index contributed by atoms with van der Waals surface area (Å²) in [7, 11) is 1.49. The fourth-order valence-corrected chi connectivity index (χ4v) is 3.53. The molecule has 0 aliphatic carbocycles. The van der Waals surface area contributed by atoms with Gasteiger partial charge in [-0.1, -0.05) is 24.3 Å². The van der Waals surface area contributed by atoms with E-state index >= 15 is 0 Å². The number of H-pyrrole nitrogens is 1. The van der Waals surface area contributed by atoms with Crippen LogP contribution in [0.3, 0.4) is 0 Å². The van der Waals surface area contributed by atoms with E-state index in [0.717, 1.165) is 0 Å². The molecule has 1 unspecified atom stereocenters. The third-order valence-electron chi connectivity index (χ3n) is 4.24. The van der Waals surface area contributed by atoms with Gasteiger partial charge in [-0.15, -0.1) is 0 Å². The molecule has 0 aliphatic heterocycles. The summed E-state index contributed by atoms with van der Waals surface area (Å²) >= 11 is -0.208. The van der Waals surface area contributed by atoms with E-state index in [1.165, 1.54) is 25.2 Å². The van der Waals surface area contributed by atoms with Crippen molar-refractivity contribution in [3.8, 4) is 0 Å². The van der Waals surface area contributed by atoms with Gasteiger partial charge in [0.15, 0.2) is 0 Å². The quantitative estimate of drug-likeness (QED) is 0.431. The zero-order valence-electron chi connectivity index (χ0n) is 15.4. The smallest absolute Gasteiger partial charge is 0.392 e. The third kappa shape index (κ3) is 5.42. The average molecular weight is 424 g/mol. The zero-order valence-corrected chi connectivity index (χ0v) is 16.2. The number of halogens is 3. The number of imidazole rings is 1. The Morgan fingerprint density at radius 1 is 1.28 bits per heavy atom. The monoisotopic (exact) mass is 424 g/mol. The van der Waals surface area contributed by atoms with E-state index in [0.29, 0.717) is 28.1 Å². The highest BCUT2D eigenvalue weighted by Gasteiger charge is 2.29. The van der Waals surface area contributed by atoms with Gasteiger partial charge in [0.05, 0.1) is 30.1 Å². The minimum absolute atomic E-state index is 0.000536. The molecule has 10 heteroatoms. The number of hydrogen-bond donors (Lipinski definition) is 4. The topological polar surface area (TPSA) is 90.0 Å². The predicted molar refractivity (Wildman–Crippen MR) is 105 cm³/mol. The van der Waals surface area contributed by atoms with Crippen LogP contribution in [-0.4, -0.2) is 33.5 Å². The van der Waals surface area contributed by atoms with Crippen LogP contribution in [0.25, 0.3) is 11.0 Å². The van der Waals surface area contributed by atoms with E-state index in [9.17, 15) is 23.1 Å². The molecule has 0 saturated heterocycles. The fraction of sp³-hybridized carbons (Fsp3) is 0.263. The average Bonchev–Trinajstić information content (AvgIpc) is 3.08. The van der Waals surface area contributed by atoms with Gasteiger partial charge in [0.25, 0.3) is 0 Å². The van der Waals surface area contributed by atoms with Crippen molar-refractivity contribution in [3.63, 3.8) is 0 Å². The van der Waals surface area contributed by atoms with Crippen molar-refractivity contribution in [1.82, 2.24) is 15.3 Å². The van der Waals surface area contributed by atoms with Gasteiger partial charge in [0.2, 0.25) is 11.9 Å². The number of anilines is 1. The van der Waals surface area contributed by atoms with Crippen LogP contribution < -0.4 is 10.6 Å². The number of aliphatic hydroxyl groups is 1. The second kappa shape index (κ2) is 8.75. The van der Waals surface area contributed by atoms with Gasteiger partial charge >= 0.3 is 5.51 Å². The molecule has 0 fully saturated rings. The Kier molecular flexibility index (Phi) is 6.33. The van der Waals surface area contributed by atoms with Crippen molar-refractivity contribution in [1.29, 1.82) is 0 Å². The summed E-state index contributed by atoms with van der Waals surface area (Å²) in [5.74, 6) is 0.0761. The molecule has 0 aliphatic rings. The lowest BCUT2D eigenvalue weighted by molar-refractivity contribution is -0.120. The van der Waals surface area contributed by atoms with Crippen molar-refractivity contribution in [2.45, 2.75) is 29.5 Å². The number of thioether (sulfide) groups is 1. The molecule has 29 heavy (non-hydrogen) atoms. The number of nitrogens with one attached hydrogen (secondary N) is 3. The fourth-order valence-electron chi connectivity index (χ4n) is 2.92. The Labute approximate surface area is 168 Å². The first kappa shape index (κ1) is 21.0. The minimum atomic E-state index is -4.40. The number of alkyl halides is 3. The summed E-state index contributed by atoms with van der Waals surface area (Å²) in [5.41, 5.74) is -1.97. The van der Waals surface area contributed by atoms with Crippen LogP contribution >= 0.6 is 11.8 Å². The van der Waals surface area contributed by atoms with Crippen LogP contribution in [0.4, 0.5) is 19.1 Å². The van der Waals surface area contributed by atoms with Crippen molar-refractivity contribution >= 4 is 34.7 Å². The number of aromatic nitrogens is 2. The molecule has 1 aromatic heterocycles. The van der Waals surface area contributed by atoms with Gasteiger partial charge in [-0.3, -0.25) is 4.79 Å². The number of fused-ring (bicyclic) bond motifs is 1. The van der Waals surface area contributed by atoms with Crippen LogP contribution in [0.1, 0.15) is 23.6 Å². The maximum absolute atomic E-state index is 12.7. The van der Waals surface area contributed by atoms with E-state index < -0.39 is 11.6 Å². The molecule has 2 aromatic carbocycles. The number of para-hydroxylation sites is 1. The van der Waals surface area contributed by atoms with E-state index in [1.807, 2.05) is 0 Å². The van der Waals surface area contributed by atoms with Gasteiger partial charge in [-0.2, -0.15) is 13.2 Å². The first-order valence-electron chi connectivity index (χ1n) is 8.70. The summed E-state index contributed by atoms with van der Waals surface area (Å²) in [6, 6.07) is 10.6. The Bertz CT molecular complexity index is 1010. The summed E-state index contributed by atoms with van der Waals surface area (Å²) in [4.78, 5) is 19.5. The van der Waals surface area contributed by atoms with Crippen LogP contribution in [0.15, 0.2) is 47.4 Å². The van der Waals surface area contributed by atoms with E-state index in [4.69, 9.17) is 0 Å². The molecule has 3 aromatic rings. The summed E-state index contributed by atoms with van der Waals surface area (Å²) in [6.07, 6.45) is 0.000536. The third-order valence-corrected chi connectivity index (χ3v) is 4.96. The zero-order chi connectivity index (χ0) is 21.0. The molecular formula is C19H19F3N4O2S. The molecule has 0 radical (unpaired) electrons. The standard InChI is InChI=1S/C19H19F3N4O2S/c1-23-16(28)9-15(11-4-2-6-13(8-11)29-19(20,21)22)25-18-24-14-7-3-5-12(10-27)17(14)26-18/h2-8,15,27H,9-10H2,1H3,(H,23,28)(H2,24,25,26). The summed E-state index contributed by atoms with van der Waals surface area (Å²) in [6.45, 7) is -0.181. The normalized spacial score (nSPS) is 12.7.